The van der Waals surface area contributed by atoms with Gasteiger partial charge in [0.05, 0.1) is 7.11 Å². The minimum absolute atomic E-state index is 0.147. The number of benzene rings is 1. The molecule has 2 N–H and O–H groups in total. The summed E-state index contributed by atoms with van der Waals surface area (Å²) in [4.78, 5) is 13.2. The summed E-state index contributed by atoms with van der Waals surface area (Å²) < 4.78 is 5.08. The van der Waals surface area contributed by atoms with Gasteiger partial charge in [-0.15, -0.1) is 0 Å². The number of hydrogen-bond donors (Lipinski definition) is 2. The highest BCUT2D eigenvalue weighted by Crippen LogP contribution is 2.26. The second kappa shape index (κ2) is 5.93. The van der Waals surface area contributed by atoms with Gasteiger partial charge in [-0.25, -0.2) is 0 Å². The zero-order valence-electron chi connectivity index (χ0n) is 11.3. The van der Waals surface area contributed by atoms with Crippen LogP contribution in [0.3, 0.4) is 0 Å². The molecule has 1 fully saturated rings. The van der Waals surface area contributed by atoms with E-state index in [0.29, 0.717) is 24.8 Å². The minimum Gasteiger partial charge on any atom is -0.504 e. The van der Waals surface area contributed by atoms with Crippen LogP contribution in [0.2, 0.25) is 0 Å². The SMILES string of the molecule is COc1cc(CNC2CCC(=O)N(C)C2)ccc1O. The molecule has 19 heavy (non-hydrogen) atoms. The summed E-state index contributed by atoms with van der Waals surface area (Å²) in [7, 11) is 3.37. The molecule has 1 aliphatic rings. The molecule has 5 nitrogen and oxygen atoms in total. The van der Waals surface area contributed by atoms with Gasteiger partial charge in [0.1, 0.15) is 0 Å². The molecule has 104 valence electrons. The number of likely N-dealkylation sites (tertiary alicyclic amines) is 1. The highest BCUT2D eigenvalue weighted by atomic mass is 16.5. The fraction of sp³-hybridized carbons (Fsp3) is 0.500. The van der Waals surface area contributed by atoms with Gasteiger partial charge in [-0.2, -0.15) is 0 Å². The number of ether oxygens (including phenoxy) is 1. The molecule has 0 radical (unpaired) electrons. The molecule has 0 spiro atoms. The molecule has 2 rings (SSSR count). The van der Waals surface area contributed by atoms with Crippen molar-refractivity contribution in [2.24, 2.45) is 0 Å². The standard InChI is InChI=1S/C14H20N2O3/c1-16-9-11(4-6-14(16)18)15-8-10-3-5-12(17)13(7-10)19-2/h3,5,7,11,15,17H,4,6,8-9H2,1-2H3. The molecule has 1 unspecified atom stereocenters. The summed E-state index contributed by atoms with van der Waals surface area (Å²) in [6.45, 7) is 1.44. The molecule has 1 aliphatic heterocycles. The van der Waals surface area contributed by atoms with Crippen molar-refractivity contribution in [1.82, 2.24) is 10.2 Å². The highest BCUT2D eigenvalue weighted by Gasteiger charge is 2.22. The van der Waals surface area contributed by atoms with Gasteiger partial charge in [0.25, 0.3) is 0 Å². The molecule has 1 amide bonds. The van der Waals surface area contributed by atoms with Crippen LogP contribution >= 0.6 is 0 Å². The molecule has 0 saturated carbocycles. The van der Waals surface area contributed by atoms with E-state index in [2.05, 4.69) is 5.32 Å². The third kappa shape index (κ3) is 3.38. The van der Waals surface area contributed by atoms with Crippen LogP contribution in [-0.2, 0) is 11.3 Å². The van der Waals surface area contributed by atoms with Crippen molar-refractivity contribution < 1.29 is 14.6 Å². The van der Waals surface area contributed by atoms with E-state index in [1.807, 2.05) is 19.2 Å². The summed E-state index contributed by atoms with van der Waals surface area (Å²) in [5.41, 5.74) is 1.05. The van der Waals surface area contributed by atoms with Crippen LogP contribution in [0.25, 0.3) is 0 Å². The Kier molecular flexibility index (Phi) is 4.27. The van der Waals surface area contributed by atoms with E-state index in [1.54, 1.807) is 11.0 Å². The van der Waals surface area contributed by atoms with Crippen molar-refractivity contribution in [3.63, 3.8) is 0 Å². The average molecular weight is 264 g/mol. The summed E-state index contributed by atoms with van der Waals surface area (Å²) in [5.74, 6) is 0.842. The molecule has 1 aromatic carbocycles. The Morgan fingerprint density at radius 3 is 3.00 bits per heavy atom. The lowest BCUT2D eigenvalue weighted by atomic mass is 10.1. The van der Waals surface area contributed by atoms with Crippen LogP contribution in [0.15, 0.2) is 18.2 Å². The maximum atomic E-state index is 11.4. The molecule has 1 heterocycles. The van der Waals surface area contributed by atoms with Crippen molar-refractivity contribution >= 4 is 5.91 Å². The average Bonchev–Trinajstić information content (AvgIpc) is 2.41. The zero-order chi connectivity index (χ0) is 13.8. The number of carbonyl (C=O) groups is 1. The van der Waals surface area contributed by atoms with Crippen molar-refractivity contribution in [3.8, 4) is 11.5 Å². The van der Waals surface area contributed by atoms with Crippen LogP contribution in [0.4, 0.5) is 0 Å². The van der Waals surface area contributed by atoms with E-state index in [4.69, 9.17) is 4.74 Å². The van der Waals surface area contributed by atoms with Crippen molar-refractivity contribution in [1.29, 1.82) is 0 Å². The predicted octanol–water partition coefficient (Wildman–Crippen LogP) is 1.11. The quantitative estimate of drug-likeness (QED) is 0.855. The number of likely N-dealkylation sites (N-methyl/N-ethyl adjacent to an activating group) is 1. The number of methoxy groups -OCH3 is 1. The van der Waals surface area contributed by atoms with Gasteiger partial charge < -0.3 is 20.1 Å². The topological polar surface area (TPSA) is 61.8 Å². The zero-order valence-corrected chi connectivity index (χ0v) is 11.3. The third-order valence-corrected chi connectivity index (χ3v) is 3.47. The Bertz CT molecular complexity index is 462. The number of piperidine rings is 1. The number of phenols is 1. The van der Waals surface area contributed by atoms with Crippen molar-refractivity contribution in [3.05, 3.63) is 23.8 Å². The molecule has 1 atom stereocenters. The monoisotopic (exact) mass is 264 g/mol. The lowest BCUT2D eigenvalue weighted by molar-refractivity contribution is -0.132. The van der Waals surface area contributed by atoms with Crippen LogP contribution in [0, 0.1) is 0 Å². The van der Waals surface area contributed by atoms with Crippen LogP contribution in [-0.4, -0.2) is 42.7 Å². The molecule has 0 bridgehead atoms. The predicted molar refractivity (Wildman–Crippen MR) is 72.2 cm³/mol. The molecule has 0 aromatic heterocycles. The first-order valence-corrected chi connectivity index (χ1v) is 6.43. The van der Waals surface area contributed by atoms with Crippen LogP contribution in [0.5, 0.6) is 11.5 Å². The number of amides is 1. The second-order valence-corrected chi connectivity index (χ2v) is 4.90. The normalized spacial score (nSPS) is 19.6. The van der Waals surface area contributed by atoms with Crippen LogP contribution in [0.1, 0.15) is 18.4 Å². The van der Waals surface area contributed by atoms with Crippen LogP contribution < -0.4 is 10.1 Å². The highest BCUT2D eigenvalue weighted by molar-refractivity contribution is 5.76. The first kappa shape index (κ1) is 13.7. The van der Waals surface area contributed by atoms with Gasteiger partial charge in [-0.1, -0.05) is 6.07 Å². The number of nitrogens with one attached hydrogen (secondary N) is 1. The van der Waals surface area contributed by atoms with E-state index in [-0.39, 0.29) is 11.7 Å². The molecule has 5 heteroatoms. The number of rotatable bonds is 4. The Morgan fingerprint density at radius 1 is 1.53 bits per heavy atom. The van der Waals surface area contributed by atoms with E-state index < -0.39 is 0 Å². The van der Waals surface area contributed by atoms with Crippen molar-refractivity contribution in [2.45, 2.75) is 25.4 Å². The van der Waals surface area contributed by atoms with Crippen molar-refractivity contribution in [2.75, 3.05) is 20.7 Å². The van der Waals surface area contributed by atoms with Gasteiger partial charge in [0.2, 0.25) is 5.91 Å². The Labute approximate surface area is 113 Å². The van der Waals surface area contributed by atoms with E-state index in [9.17, 15) is 9.90 Å². The smallest absolute Gasteiger partial charge is 0.222 e. The fourth-order valence-corrected chi connectivity index (χ4v) is 2.27. The maximum absolute atomic E-state index is 11.4. The summed E-state index contributed by atoms with van der Waals surface area (Å²) >= 11 is 0. The first-order chi connectivity index (χ1) is 9.10. The number of phenolic OH excluding ortho intramolecular Hbond substituents is 1. The number of nitrogens with zero attached hydrogens (tertiary/aromatic N) is 1. The van der Waals surface area contributed by atoms with Gasteiger partial charge in [-0.3, -0.25) is 4.79 Å². The summed E-state index contributed by atoms with van der Waals surface area (Å²) in [5, 5.41) is 13.0. The van der Waals surface area contributed by atoms with Gasteiger partial charge in [0, 0.05) is 32.6 Å². The maximum Gasteiger partial charge on any atom is 0.222 e. The molecule has 1 aromatic rings. The number of aromatic hydroxyl groups is 1. The summed E-state index contributed by atoms with van der Waals surface area (Å²) in [6.07, 6.45) is 1.48. The minimum atomic E-state index is 0.147. The van der Waals surface area contributed by atoms with Gasteiger partial charge >= 0.3 is 0 Å². The van der Waals surface area contributed by atoms with E-state index in [0.717, 1.165) is 18.5 Å². The fourth-order valence-electron chi connectivity index (χ4n) is 2.27. The number of hydrogen-bond acceptors (Lipinski definition) is 4. The Hall–Kier alpha value is -1.75. The molecule has 1 saturated heterocycles. The lowest BCUT2D eigenvalue weighted by Gasteiger charge is -2.30. The molecular weight excluding hydrogens is 244 g/mol. The van der Waals surface area contributed by atoms with E-state index in [1.165, 1.54) is 7.11 Å². The second-order valence-electron chi connectivity index (χ2n) is 4.90. The molecule has 0 aliphatic carbocycles. The lowest BCUT2D eigenvalue weighted by Crippen LogP contribution is -2.46. The third-order valence-electron chi connectivity index (χ3n) is 3.47. The Balaban J connectivity index is 1.90. The number of carbonyl (C=O) groups excluding carboxylic acids is 1. The van der Waals surface area contributed by atoms with E-state index >= 15 is 0 Å². The summed E-state index contributed by atoms with van der Waals surface area (Å²) in [6, 6.07) is 5.64. The Morgan fingerprint density at radius 2 is 2.32 bits per heavy atom. The largest absolute Gasteiger partial charge is 0.504 e. The van der Waals surface area contributed by atoms with Gasteiger partial charge in [-0.05, 0) is 24.1 Å². The van der Waals surface area contributed by atoms with Gasteiger partial charge in [0.15, 0.2) is 11.5 Å². The first-order valence-electron chi connectivity index (χ1n) is 6.43. The molecular formula is C14H20N2O3.